The number of fused-ring (bicyclic) bond motifs is 1. The van der Waals surface area contributed by atoms with E-state index in [2.05, 4.69) is 17.6 Å². The molecule has 1 fully saturated rings. The lowest BCUT2D eigenvalue weighted by Gasteiger charge is -2.20. The van der Waals surface area contributed by atoms with Gasteiger partial charge in [-0.15, -0.1) is 11.3 Å². The van der Waals surface area contributed by atoms with Crippen molar-refractivity contribution in [3.8, 4) is 5.75 Å². The average Bonchev–Trinajstić information content (AvgIpc) is 3.30. The highest BCUT2D eigenvalue weighted by Gasteiger charge is 2.33. The molecule has 1 saturated heterocycles. The van der Waals surface area contributed by atoms with Crippen molar-refractivity contribution >= 4 is 38.0 Å². The lowest BCUT2D eigenvalue weighted by molar-refractivity contribution is -0.122. The van der Waals surface area contributed by atoms with Gasteiger partial charge in [0.25, 0.3) is 11.8 Å². The van der Waals surface area contributed by atoms with Crippen molar-refractivity contribution < 1.29 is 27.1 Å². The van der Waals surface area contributed by atoms with Gasteiger partial charge >= 0.3 is 0 Å². The van der Waals surface area contributed by atoms with Gasteiger partial charge in [0.2, 0.25) is 0 Å². The fourth-order valence-electron chi connectivity index (χ4n) is 4.45. The van der Waals surface area contributed by atoms with Crippen LogP contribution in [0.3, 0.4) is 0 Å². The Morgan fingerprint density at radius 3 is 2.71 bits per heavy atom. The first-order valence-corrected chi connectivity index (χ1v) is 14.2. The maximum atomic E-state index is 14.0. The van der Waals surface area contributed by atoms with E-state index in [1.807, 2.05) is 0 Å². The van der Waals surface area contributed by atoms with E-state index in [4.69, 9.17) is 4.74 Å². The molecule has 3 atom stereocenters. The van der Waals surface area contributed by atoms with Crippen LogP contribution >= 0.6 is 11.3 Å². The number of thiophene rings is 1. The van der Waals surface area contributed by atoms with Crippen LogP contribution in [0.5, 0.6) is 5.75 Å². The minimum absolute atomic E-state index is 0.00999. The summed E-state index contributed by atoms with van der Waals surface area (Å²) < 4.78 is 43.3. The van der Waals surface area contributed by atoms with Crippen LogP contribution in [-0.2, 0) is 27.5 Å². The van der Waals surface area contributed by atoms with Crippen molar-refractivity contribution in [2.45, 2.75) is 58.1 Å². The van der Waals surface area contributed by atoms with Crippen molar-refractivity contribution in [2.75, 3.05) is 16.8 Å². The van der Waals surface area contributed by atoms with Gasteiger partial charge in [-0.1, -0.05) is 26.0 Å². The fraction of sp³-hybridized carbons (Fsp3) is 0.500. The number of carbonyl (C=O) groups is 2. The van der Waals surface area contributed by atoms with Gasteiger partial charge in [-0.3, -0.25) is 9.59 Å². The smallest absolute Gasteiger partial charge is 0.266 e. The van der Waals surface area contributed by atoms with Gasteiger partial charge in [0.15, 0.2) is 27.5 Å². The van der Waals surface area contributed by atoms with Crippen LogP contribution in [0.2, 0.25) is 0 Å². The summed E-state index contributed by atoms with van der Waals surface area (Å²) in [4.78, 5) is 27.4. The zero-order chi connectivity index (χ0) is 24.5. The maximum Gasteiger partial charge on any atom is 0.266 e. The number of rotatable bonds is 7. The van der Waals surface area contributed by atoms with Gasteiger partial charge in [0.1, 0.15) is 5.00 Å². The van der Waals surface area contributed by atoms with E-state index < -0.39 is 33.7 Å². The molecule has 1 aromatic heterocycles. The lowest BCUT2D eigenvalue weighted by atomic mass is 9.88. The number of nitrogens with one attached hydrogen (secondary N) is 2. The van der Waals surface area contributed by atoms with Crippen molar-refractivity contribution in [1.29, 1.82) is 0 Å². The molecule has 1 aliphatic carbocycles. The topological polar surface area (TPSA) is 102 Å². The molecule has 0 spiro atoms. The van der Waals surface area contributed by atoms with Crippen LogP contribution in [0.25, 0.3) is 0 Å². The zero-order valence-corrected chi connectivity index (χ0v) is 20.9. The highest BCUT2D eigenvalue weighted by atomic mass is 32.2. The largest absolute Gasteiger partial charge is 0.478 e. The highest BCUT2D eigenvalue weighted by Crippen LogP contribution is 2.40. The third-order valence-corrected chi connectivity index (χ3v) is 9.25. The summed E-state index contributed by atoms with van der Waals surface area (Å²) in [5.74, 6) is -0.934. The monoisotopic (exact) mass is 508 g/mol. The Kier molecular flexibility index (Phi) is 7.28. The maximum absolute atomic E-state index is 14.0. The highest BCUT2D eigenvalue weighted by molar-refractivity contribution is 7.91. The third-order valence-electron chi connectivity index (χ3n) is 6.31. The van der Waals surface area contributed by atoms with Crippen LogP contribution in [0.4, 0.5) is 9.39 Å². The number of carbonyl (C=O) groups excluding carboxylic acids is 2. The number of para-hydroxylation sites is 1. The molecule has 184 valence electrons. The fourth-order valence-corrected chi connectivity index (χ4v) is 7.54. The molecule has 34 heavy (non-hydrogen) atoms. The van der Waals surface area contributed by atoms with Gasteiger partial charge in [0, 0.05) is 10.9 Å². The molecule has 0 unspecified atom stereocenters. The Balaban J connectivity index is 1.57. The second-order valence-corrected chi connectivity index (χ2v) is 12.4. The second-order valence-electron chi connectivity index (χ2n) is 9.06. The molecule has 2 heterocycles. The molecule has 2 aromatic rings. The number of ether oxygens (including phenoxy) is 1. The Labute approximate surface area is 203 Å². The summed E-state index contributed by atoms with van der Waals surface area (Å²) in [5.41, 5.74) is 1.32. The van der Waals surface area contributed by atoms with Gasteiger partial charge in [-0.05, 0) is 55.7 Å². The number of sulfone groups is 1. The van der Waals surface area contributed by atoms with Gasteiger partial charge in [-0.2, -0.15) is 0 Å². The van der Waals surface area contributed by atoms with E-state index in [0.717, 1.165) is 29.7 Å². The summed E-state index contributed by atoms with van der Waals surface area (Å²) in [6.45, 7) is 3.92. The minimum Gasteiger partial charge on any atom is -0.478 e. The predicted molar refractivity (Wildman–Crippen MR) is 130 cm³/mol. The molecule has 1 aliphatic heterocycles. The molecular formula is C24H29FN2O5S2. The van der Waals surface area contributed by atoms with Crippen LogP contribution in [0.1, 0.15) is 53.9 Å². The van der Waals surface area contributed by atoms with Crippen molar-refractivity contribution in [1.82, 2.24) is 5.32 Å². The number of halogens is 1. The summed E-state index contributed by atoms with van der Waals surface area (Å²) >= 11 is 1.38. The molecule has 7 nitrogen and oxygen atoms in total. The number of amides is 2. The summed E-state index contributed by atoms with van der Waals surface area (Å²) in [7, 11) is -3.14. The Hall–Kier alpha value is -2.46. The van der Waals surface area contributed by atoms with Crippen LogP contribution in [0, 0.1) is 11.7 Å². The second kappa shape index (κ2) is 10.0. The first kappa shape index (κ1) is 24.7. The summed E-state index contributed by atoms with van der Waals surface area (Å²) in [6, 6.07) is 5.46. The van der Waals surface area contributed by atoms with E-state index in [9.17, 15) is 22.4 Å². The molecule has 0 saturated carbocycles. The number of hydrogen-bond donors (Lipinski definition) is 2. The molecule has 2 aliphatic rings. The molecule has 0 bridgehead atoms. The average molecular weight is 509 g/mol. The Morgan fingerprint density at radius 2 is 2.03 bits per heavy atom. The van der Waals surface area contributed by atoms with Gasteiger partial charge in [-0.25, -0.2) is 12.8 Å². The van der Waals surface area contributed by atoms with Gasteiger partial charge in [0.05, 0.1) is 17.1 Å². The zero-order valence-electron chi connectivity index (χ0n) is 19.2. The molecule has 2 N–H and O–H groups in total. The van der Waals surface area contributed by atoms with E-state index >= 15 is 0 Å². The van der Waals surface area contributed by atoms with E-state index in [1.165, 1.54) is 23.5 Å². The van der Waals surface area contributed by atoms with Crippen molar-refractivity contribution in [3.05, 3.63) is 46.1 Å². The summed E-state index contributed by atoms with van der Waals surface area (Å²) in [6.07, 6.45) is 2.22. The first-order chi connectivity index (χ1) is 16.2. The normalized spacial score (nSPS) is 22.0. The third kappa shape index (κ3) is 5.43. The number of benzene rings is 1. The van der Waals surface area contributed by atoms with Crippen LogP contribution < -0.4 is 15.4 Å². The molecule has 0 radical (unpaired) electrons. The Morgan fingerprint density at radius 1 is 1.26 bits per heavy atom. The molecule has 2 amide bonds. The molecule has 10 heteroatoms. The first-order valence-electron chi connectivity index (χ1n) is 11.5. The number of anilines is 1. The predicted octanol–water partition coefficient (Wildman–Crippen LogP) is 3.73. The Bertz CT molecular complexity index is 1190. The van der Waals surface area contributed by atoms with Crippen molar-refractivity contribution in [3.63, 3.8) is 0 Å². The van der Waals surface area contributed by atoms with E-state index in [1.54, 1.807) is 19.1 Å². The van der Waals surface area contributed by atoms with E-state index in [0.29, 0.717) is 29.3 Å². The molecule has 1 aromatic carbocycles. The summed E-state index contributed by atoms with van der Waals surface area (Å²) in [5, 5.41) is 6.14. The molecular weight excluding hydrogens is 479 g/mol. The van der Waals surface area contributed by atoms with Gasteiger partial charge < -0.3 is 15.4 Å². The lowest BCUT2D eigenvalue weighted by Crippen LogP contribution is -2.37. The van der Waals surface area contributed by atoms with E-state index in [-0.39, 0.29) is 23.2 Å². The van der Waals surface area contributed by atoms with Crippen molar-refractivity contribution in [2.24, 2.45) is 5.92 Å². The standard InChI is InChI=1S/C24H29FN2O5S2/c1-3-18(32-19-7-5-4-6-17(19)25)22(28)27-24-21(16-9-8-14(2)12-20(16)33-24)23(29)26-15-10-11-34(30,31)13-15/h4-7,14-15,18H,3,8-13H2,1-2H3,(H,26,29)(H,27,28)/t14-,15-,18+/m1/s1. The quantitative estimate of drug-likeness (QED) is 0.594. The minimum atomic E-state index is -3.14. The number of hydrogen-bond acceptors (Lipinski definition) is 6. The SMILES string of the molecule is CC[C@H](Oc1ccccc1F)C(=O)Nc1sc2c(c1C(=O)N[C@@H]1CCS(=O)(=O)C1)CC[C@@H](C)C2. The van der Waals surface area contributed by atoms with Crippen LogP contribution in [0.15, 0.2) is 24.3 Å². The molecule has 4 rings (SSSR count). The van der Waals surface area contributed by atoms with Crippen LogP contribution in [-0.4, -0.2) is 43.9 Å².